The monoisotopic (exact) mass is 330 g/mol. The molecule has 15 heavy (non-hydrogen) atoms. The molecule has 0 aliphatic rings. The Labute approximate surface area is 105 Å². The van der Waals surface area contributed by atoms with Crippen LogP contribution in [0.2, 0.25) is 0 Å². The van der Waals surface area contributed by atoms with Gasteiger partial charge in [-0.05, 0) is 40.3 Å². The normalized spacial score (nSPS) is 10.2. The van der Waals surface area contributed by atoms with Gasteiger partial charge in [0.2, 0.25) is 0 Å². The van der Waals surface area contributed by atoms with Crippen molar-refractivity contribution in [1.82, 2.24) is 8.75 Å². The molecule has 0 saturated carbocycles. The van der Waals surface area contributed by atoms with Gasteiger partial charge in [-0.3, -0.25) is 4.79 Å². The second-order valence-corrected chi connectivity index (χ2v) is 4.82. The van der Waals surface area contributed by atoms with Crippen LogP contribution in [-0.2, 0) is 6.42 Å². The minimum atomic E-state index is 0.0185. The van der Waals surface area contributed by atoms with Crippen LogP contribution >= 0.6 is 34.3 Å². The lowest BCUT2D eigenvalue weighted by atomic mass is 10.1. The molecule has 76 valence electrons. The van der Waals surface area contributed by atoms with Gasteiger partial charge in [0.05, 0.1) is 17.9 Å². The highest BCUT2D eigenvalue weighted by molar-refractivity contribution is 14.1. The Morgan fingerprint density at radius 1 is 1.33 bits per heavy atom. The van der Waals surface area contributed by atoms with Crippen LogP contribution in [-0.4, -0.2) is 14.5 Å². The predicted molar refractivity (Wildman–Crippen MR) is 67.1 cm³/mol. The van der Waals surface area contributed by atoms with Crippen LogP contribution in [0.1, 0.15) is 16.1 Å². The fourth-order valence-corrected chi connectivity index (χ4v) is 1.96. The van der Waals surface area contributed by atoms with E-state index in [-0.39, 0.29) is 5.78 Å². The lowest BCUT2D eigenvalue weighted by Gasteiger charge is -1.98. The van der Waals surface area contributed by atoms with Crippen molar-refractivity contribution in [2.45, 2.75) is 6.42 Å². The van der Waals surface area contributed by atoms with Crippen molar-refractivity contribution < 1.29 is 4.79 Å². The molecule has 1 aromatic carbocycles. The van der Waals surface area contributed by atoms with Crippen molar-refractivity contribution >= 4 is 40.1 Å². The molecule has 0 fully saturated rings. The van der Waals surface area contributed by atoms with Gasteiger partial charge in [-0.25, -0.2) is 0 Å². The van der Waals surface area contributed by atoms with Crippen LogP contribution in [0, 0.1) is 3.57 Å². The quantitative estimate of drug-likeness (QED) is 0.642. The fraction of sp³-hybridized carbons (Fsp3) is 0.100. The highest BCUT2D eigenvalue weighted by Gasteiger charge is 2.09. The van der Waals surface area contributed by atoms with E-state index in [4.69, 9.17) is 0 Å². The van der Waals surface area contributed by atoms with Crippen LogP contribution in [0.3, 0.4) is 0 Å². The Bertz CT molecular complexity index is 453. The van der Waals surface area contributed by atoms with Crippen LogP contribution in [0.5, 0.6) is 0 Å². The molecule has 1 aromatic heterocycles. The van der Waals surface area contributed by atoms with Crippen molar-refractivity contribution in [3.8, 4) is 0 Å². The smallest absolute Gasteiger partial charge is 0.188 e. The lowest BCUT2D eigenvalue weighted by Crippen LogP contribution is -2.03. The number of nitrogens with zero attached hydrogens (tertiary/aromatic N) is 2. The fourth-order valence-electron chi connectivity index (χ4n) is 1.17. The van der Waals surface area contributed by atoms with Gasteiger partial charge in [0, 0.05) is 9.99 Å². The molecule has 0 radical (unpaired) electrons. The summed E-state index contributed by atoms with van der Waals surface area (Å²) in [5, 5.41) is 0. The van der Waals surface area contributed by atoms with Crippen LogP contribution < -0.4 is 0 Å². The molecular formula is C10H7IN2OS. The molecular weight excluding hydrogens is 323 g/mol. The molecule has 0 aliphatic heterocycles. The van der Waals surface area contributed by atoms with Gasteiger partial charge in [-0.2, -0.15) is 8.75 Å². The average Bonchev–Trinajstić information content (AvgIpc) is 2.74. The zero-order valence-electron chi connectivity index (χ0n) is 7.68. The lowest BCUT2D eigenvalue weighted by molar-refractivity contribution is 0.0989. The molecule has 0 unspecified atom stereocenters. The standard InChI is InChI=1S/C10H7IN2OS/c11-8-3-1-7(2-4-8)5-10(14)9-6-12-15-13-9/h1-4,6H,5H2. The summed E-state index contributed by atoms with van der Waals surface area (Å²) < 4.78 is 8.88. The Morgan fingerprint density at radius 2 is 2.07 bits per heavy atom. The number of ketones is 1. The van der Waals surface area contributed by atoms with E-state index in [1.165, 1.54) is 9.77 Å². The van der Waals surface area contributed by atoms with Crippen LogP contribution in [0.25, 0.3) is 0 Å². The number of benzene rings is 1. The maximum Gasteiger partial charge on any atom is 0.188 e. The summed E-state index contributed by atoms with van der Waals surface area (Å²) in [6, 6.07) is 7.89. The van der Waals surface area contributed by atoms with Crippen LogP contribution in [0.4, 0.5) is 0 Å². The van der Waals surface area contributed by atoms with E-state index in [0.29, 0.717) is 12.1 Å². The van der Waals surface area contributed by atoms with Gasteiger partial charge in [0.1, 0.15) is 5.69 Å². The molecule has 0 atom stereocenters. The van der Waals surface area contributed by atoms with Crippen molar-refractivity contribution in [3.05, 3.63) is 45.3 Å². The number of halogens is 1. The molecule has 0 amide bonds. The molecule has 0 aliphatic carbocycles. The minimum absolute atomic E-state index is 0.0185. The van der Waals surface area contributed by atoms with E-state index in [0.717, 1.165) is 17.3 Å². The maximum atomic E-state index is 11.7. The molecule has 0 spiro atoms. The molecule has 2 aromatic rings. The molecule has 0 N–H and O–H groups in total. The number of aromatic nitrogens is 2. The number of Topliss-reactive ketones (excluding diaryl/α,β-unsaturated/α-hetero) is 1. The average molecular weight is 330 g/mol. The molecule has 5 heteroatoms. The summed E-state index contributed by atoms with van der Waals surface area (Å²) in [5.74, 6) is 0.0185. The van der Waals surface area contributed by atoms with Gasteiger partial charge in [0.25, 0.3) is 0 Å². The van der Waals surface area contributed by atoms with Gasteiger partial charge >= 0.3 is 0 Å². The molecule has 3 nitrogen and oxygen atoms in total. The summed E-state index contributed by atoms with van der Waals surface area (Å²) >= 11 is 3.29. The maximum absolute atomic E-state index is 11.7. The second kappa shape index (κ2) is 4.80. The summed E-state index contributed by atoms with van der Waals surface area (Å²) in [5.41, 5.74) is 1.46. The molecule has 0 saturated heterocycles. The highest BCUT2D eigenvalue weighted by atomic mass is 127. The zero-order valence-corrected chi connectivity index (χ0v) is 10.7. The first-order chi connectivity index (χ1) is 7.25. The van der Waals surface area contributed by atoms with Crippen molar-refractivity contribution in [1.29, 1.82) is 0 Å². The van der Waals surface area contributed by atoms with Gasteiger partial charge in [0.15, 0.2) is 5.78 Å². The Balaban J connectivity index is 2.09. The summed E-state index contributed by atoms with van der Waals surface area (Å²) in [6.45, 7) is 0. The predicted octanol–water partition coefficient (Wildman–Crippen LogP) is 2.57. The number of rotatable bonds is 3. The number of carbonyl (C=O) groups is 1. The number of hydrogen-bond donors (Lipinski definition) is 0. The topological polar surface area (TPSA) is 42.9 Å². The number of hydrogen-bond acceptors (Lipinski definition) is 4. The third kappa shape index (κ3) is 2.82. The van der Waals surface area contributed by atoms with Crippen molar-refractivity contribution in [3.63, 3.8) is 0 Å². The van der Waals surface area contributed by atoms with E-state index in [1.54, 1.807) is 0 Å². The van der Waals surface area contributed by atoms with Crippen molar-refractivity contribution in [2.75, 3.05) is 0 Å². The Hall–Kier alpha value is -0.820. The minimum Gasteiger partial charge on any atom is -0.292 e. The second-order valence-electron chi connectivity index (χ2n) is 3.02. The van der Waals surface area contributed by atoms with Crippen molar-refractivity contribution in [2.24, 2.45) is 0 Å². The van der Waals surface area contributed by atoms with E-state index in [1.807, 2.05) is 24.3 Å². The van der Waals surface area contributed by atoms with Gasteiger partial charge in [-0.15, -0.1) is 0 Å². The summed E-state index contributed by atoms with van der Waals surface area (Å²) in [6.07, 6.45) is 1.90. The number of carbonyl (C=O) groups excluding carboxylic acids is 1. The van der Waals surface area contributed by atoms with Gasteiger partial charge < -0.3 is 0 Å². The van der Waals surface area contributed by atoms with E-state index in [2.05, 4.69) is 31.3 Å². The zero-order chi connectivity index (χ0) is 10.7. The van der Waals surface area contributed by atoms with E-state index >= 15 is 0 Å². The summed E-state index contributed by atoms with van der Waals surface area (Å²) in [7, 11) is 0. The highest BCUT2D eigenvalue weighted by Crippen LogP contribution is 2.09. The van der Waals surface area contributed by atoms with E-state index in [9.17, 15) is 4.79 Å². The largest absolute Gasteiger partial charge is 0.292 e. The SMILES string of the molecule is O=C(Cc1ccc(I)cc1)c1cnsn1. The molecule has 1 heterocycles. The summed E-state index contributed by atoms with van der Waals surface area (Å²) in [4.78, 5) is 11.7. The van der Waals surface area contributed by atoms with Crippen LogP contribution in [0.15, 0.2) is 30.5 Å². The Morgan fingerprint density at radius 3 is 2.67 bits per heavy atom. The molecule has 0 bridgehead atoms. The third-order valence-corrected chi connectivity index (χ3v) is 3.12. The van der Waals surface area contributed by atoms with E-state index < -0.39 is 0 Å². The molecule has 2 rings (SSSR count). The Kier molecular flexibility index (Phi) is 3.42. The first kappa shape index (κ1) is 10.7. The first-order valence-corrected chi connectivity index (χ1v) is 6.12. The van der Waals surface area contributed by atoms with Gasteiger partial charge in [-0.1, -0.05) is 12.1 Å². The third-order valence-electron chi connectivity index (χ3n) is 1.92. The first-order valence-electron chi connectivity index (χ1n) is 4.31.